The van der Waals surface area contributed by atoms with Crippen molar-refractivity contribution >= 4 is 5.91 Å². The molecule has 1 amide bonds. The van der Waals surface area contributed by atoms with E-state index in [2.05, 4.69) is 10.2 Å². The SMILES string of the molecule is Cc1ccc(-c2nnc(CCC(=O)N3C[C@@H](C)OC[C@@H]3C)o2)cc1. The summed E-state index contributed by atoms with van der Waals surface area (Å²) >= 11 is 0. The fraction of sp³-hybridized carbons (Fsp3) is 0.500. The van der Waals surface area contributed by atoms with Gasteiger partial charge in [0.25, 0.3) is 0 Å². The predicted molar refractivity (Wildman–Crippen MR) is 89.4 cm³/mol. The van der Waals surface area contributed by atoms with E-state index in [9.17, 15) is 4.79 Å². The molecule has 0 aliphatic carbocycles. The van der Waals surface area contributed by atoms with Crippen molar-refractivity contribution in [2.45, 2.75) is 45.8 Å². The zero-order chi connectivity index (χ0) is 17.1. The van der Waals surface area contributed by atoms with Gasteiger partial charge in [0, 0.05) is 24.9 Å². The minimum absolute atomic E-state index is 0.0849. The van der Waals surface area contributed by atoms with Crippen LogP contribution in [0, 0.1) is 6.92 Å². The molecule has 6 nitrogen and oxygen atoms in total. The Balaban J connectivity index is 1.59. The van der Waals surface area contributed by atoms with Crippen LogP contribution in [-0.4, -0.2) is 46.3 Å². The maximum Gasteiger partial charge on any atom is 0.247 e. The van der Waals surface area contributed by atoms with Crippen molar-refractivity contribution in [1.82, 2.24) is 15.1 Å². The number of carbonyl (C=O) groups is 1. The maximum atomic E-state index is 12.4. The normalized spacial score (nSPS) is 21.0. The van der Waals surface area contributed by atoms with Crippen LogP contribution in [0.15, 0.2) is 28.7 Å². The van der Waals surface area contributed by atoms with Crippen LogP contribution < -0.4 is 0 Å². The Hall–Kier alpha value is -2.21. The van der Waals surface area contributed by atoms with Crippen LogP contribution in [0.1, 0.15) is 31.7 Å². The summed E-state index contributed by atoms with van der Waals surface area (Å²) in [5.74, 6) is 1.09. The second-order valence-electron chi connectivity index (χ2n) is 6.41. The first-order valence-electron chi connectivity index (χ1n) is 8.33. The third kappa shape index (κ3) is 3.82. The van der Waals surface area contributed by atoms with Crippen molar-refractivity contribution in [2.75, 3.05) is 13.2 Å². The summed E-state index contributed by atoms with van der Waals surface area (Å²) < 4.78 is 11.2. The number of hydrogen-bond donors (Lipinski definition) is 0. The average Bonchev–Trinajstić information content (AvgIpc) is 3.04. The number of nitrogens with zero attached hydrogens (tertiary/aromatic N) is 3. The molecule has 0 unspecified atom stereocenters. The summed E-state index contributed by atoms with van der Waals surface area (Å²) in [6.07, 6.45) is 0.907. The monoisotopic (exact) mass is 329 g/mol. The van der Waals surface area contributed by atoms with Crippen molar-refractivity contribution in [1.29, 1.82) is 0 Å². The molecular formula is C18H23N3O3. The number of carbonyl (C=O) groups excluding carboxylic acids is 1. The molecule has 0 spiro atoms. The van der Waals surface area contributed by atoms with Gasteiger partial charge in [0.2, 0.25) is 17.7 Å². The highest BCUT2D eigenvalue weighted by molar-refractivity contribution is 5.76. The Labute approximate surface area is 141 Å². The number of aryl methyl sites for hydroxylation is 2. The molecule has 0 N–H and O–H groups in total. The molecule has 1 aromatic heterocycles. The van der Waals surface area contributed by atoms with Gasteiger partial charge in [-0.25, -0.2) is 0 Å². The van der Waals surface area contributed by atoms with Gasteiger partial charge in [0.15, 0.2) is 0 Å². The lowest BCUT2D eigenvalue weighted by atomic mass is 10.1. The summed E-state index contributed by atoms with van der Waals surface area (Å²) in [6.45, 7) is 7.25. The number of rotatable bonds is 4. The van der Waals surface area contributed by atoms with Gasteiger partial charge in [0.1, 0.15) is 0 Å². The Morgan fingerprint density at radius 1 is 1.25 bits per heavy atom. The van der Waals surface area contributed by atoms with Crippen LogP contribution in [0.2, 0.25) is 0 Å². The van der Waals surface area contributed by atoms with E-state index in [1.165, 1.54) is 5.56 Å². The van der Waals surface area contributed by atoms with E-state index < -0.39 is 0 Å². The molecule has 1 aliphatic rings. The first-order valence-corrected chi connectivity index (χ1v) is 8.33. The van der Waals surface area contributed by atoms with E-state index in [0.29, 0.717) is 37.8 Å². The van der Waals surface area contributed by atoms with Gasteiger partial charge in [-0.15, -0.1) is 10.2 Å². The van der Waals surface area contributed by atoms with Crippen LogP contribution in [0.25, 0.3) is 11.5 Å². The zero-order valence-corrected chi connectivity index (χ0v) is 14.4. The molecule has 1 aromatic carbocycles. The van der Waals surface area contributed by atoms with E-state index in [0.717, 1.165) is 5.56 Å². The lowest BCUT2D eigenvalue weighted by Crippen LogP contribution is -2.50. The van der Waals surface area contributed by atoms with Crippen molar-refractivity contribution in [3.63, 3.8) is 0 Å². The van der Waals surface area contributed by atoms with Crippen molar-refractivity contribution < 1.29 is 13.9 Å². The second kappa shape index (κ2) is 7.13. The van der Waals surface area contributed by atoms with Gasteiger partial charge in [0.05, 0.1) is 18.8 Å². The first-order chi connectivity index (χ1) is 11.5. The van der Waals surface area contributed by atoms with Crippen LogP contribution >= 0.6 is 0 Å². The third-order valence-electron chi connectivity index (χ3n) is 4.25. The summed E-state index contributed by atoms with van der Waals surface area (Å²) in [5, 5.41) is 8.13. The molecule has 1 aliphatic heterocycles. The largest absolute Gasteiger partial charge is 0.421 e. The molecule has 0 radical (unpaired) electrons. The summed E-state index contributed by atoms with van der Waals surface area (Å²) in [7, 11) is 0. The van der Waals surface area contributed by atoms with Gasteiger partial charge in [-0.1, -0.05) is 17.7 Å². The fourth-order valence-electron chi connectivity index (χ4n) is 2.78. The topological polar surface area (TPSA) is 68.5 Å². The third-order valence-corrected chi connectivity index (χ3v) is 4.25. The number of aromatic nitrogens is 2. The molecule has 0 saturated carbocycles. The number of hydrogen-bond acceptors (Lipinski definition) is 5. The lowest BCUT2D eigenvalue weighted by molar-refractivity contribution is -0.143. The minimum atomic E-state index is 0.0849. The quantitative estimate of drug-likeness (QED) is 0.862. The summed E-state index contributed by atoms with van der Waals surface area (Å²) in [6, 6.07) is 8.02. The van der Waals surface area contributed by atoms with Crippen molar-refractivity contribution in [3.8, 4) is 11.5 Å². The average molecular weight is 329 g/mol. The molecule has 128 valence electrons. The van der Waals surface area contributed by atoms with E-state index >= 15 is 0 Å². The number of ether oxygens (including phenoxy) is 1. The number of morpholine rings is 1. The molecule has 1 fully saturated rings. The zero-order valence-electron chi connectivity index (χ0n) is 14.4. The molecule has 2 heterocycles. The van der Waals surface area contributed by atoms with E-state index in [1.807, 2.05) is 49.9 Å². The Morgan fingerprint density at radius 2 is 2.00 bits per heavy atom. The van der Waals surface area contributed by atoms with Crippen LogP contribution in [-0.2, 0) is 16.0 Å². The predicted octanol–water partition coefficient (Wildman–Crippen LogP) is 2.61. The van der Waals surface area contributed by atoms with Crippen LogP contribution in [0.5, 0.6) is 0 Å². The van der Waals surface area contributed by atoms with Gasteiger partial charge < -0.3 is 14.1 Å². The smallest absolute Gasteiger partial charge is 0.247 e. The van der Waals surface area contributed by atoms with E-state index in [4.69, 9.17) is 9.15 Å². The maximum absolute atomic E-state index is 12.4. The number of amides is 1. The Morgan fingerprint density at radius 3 is 2.75 bits per heavy atom. The van der Waals surface area contributed by atoms with Crippen LogP contribution in [0.3, 0.4) is 0 Å². The highest BCUT2D eigenvalue weighted by Gasteiger charge is 2.27. The van der Waals surface area contributed by atoms with Gasteiger partial charge in [-0.05, 0) is 32.9 Å². The van der Waals surface area contributed by atoms with E-state index in [-0.39, 0.29) is 18.1 Å². The molecular weight excluding hydrogens is 306 g/mol. The van der Waals surface area contributed by atoms with E-state index in [1.54, 1.807) is 0 Å². The van der Waals surface area contributed by atoms with Gasteiger partial charge in [-0.2, -0.15) is 0 Å². The minimum Gasteiger partial charge on any atom is -0.421 e. The highest BCUT2D eigenvalue weighted by atomic mass is 16.5. The first kappa shape index (κ1) is 16.6. The molecule has 3 rings (SSSR count). The Bertz CT molecular complexity index is 696. The molecule has 2 aromatic rings. The molecule has 24 heavy (non-hydrogen) atoms. The number of benzene rings is 1. The lowest BCUT2D eigenvalue weighted by Gasteiger charge is -2.36. The second-order valence-corrected chi connectivity index (χ2v) is 6.41. The van der Waals surface area contributed by atoms with Crippen molar-refractivity contribution in [3.05, 3.63) is 35.7 Å². The Kier molecular flexibility index (Phi) is 4.94. The molecule has 1 saturated heterocycles. The molecule has 6 heteroatoms. The molecule has 0 bridgehead atoms. The fourth-order valence-corrected chi connectivity index (χ4v) is 2.78. The highest BCUT2D eigenvalue weighted by Crippen LogP contribution is 2.19. The van der Waals surface area contributed by atoms with Crippen molar-refractivity contribution in [2.24, 2.45) is 0 Å². The molecule has 2 atom stereocenters. The summed E-state index contributed by atoms with van der Waals surface area (Å²) in [4.78, 5) is 14.3. The van der Waals surface area contributed by atoms with Gasteiger partial charge >= 0.3 is 0 Å². The van der Waals surface area contributed by atoms with Crippen LogP contribution in [0.4, 0.5) is 0 Å². The standard InChI is InChI=1S/C18H23N3O3/c1-12-4-6-15(7-5-12)18-20-19-16(24-18)8-9-17(22)21-10-14(3)23-11-13(21)2/h4-7,13-14H,8-11H2,1-3H3/t13-,14+/m0/s1. The summed E-state index contributed by atoms with van der Waals surface area (Å²) in [5.41, 5.74) is 2.07. The van der Waals surface area contributed by atoms with Gasteiger partial charge in [-0.3, -0.25) is 4.79 Å².